The van der Waals surface area contributed by atoms with Crippen molar-refractivity contribution in [3.63, 3.8) is 0 Å². The SMILES string of the molecule is Nc1ccc(S(=O)(=O)O)cc1-c1ccccc1. The predicted molar refractivity (Wildman–Crippen MR) is 66.1 cm³/mol. The summed E-state index contributed by atoms with van der Waals surface area (Å²) < 4.78 is 31.1. The van der Waals surface area contributed by atoms with Crippen LogP contribution in [0.3, 0.4) is 0 Å². The highest BCUT2D eigenvalue weighted by Crippen LogP contribution is 2.28. The van der Waals surface area contributed by atoms with Crippen LogP contribution in [0.15, 0.2) is 53.4 Å². The summed E-state index contributed by atoms with van der Waals surface area (Å²) in [4.78, 5) is -0.162. The first-order valence-electron chi connectivity index (χ1n) is 4.91. The van der Waals surface area contributed by atoms with Crippen LogP contribution in [-0.2, 0) is 10.1 Å². The molecule has 2 aromatic rings. The van der Waals surface area contributed by atoms with Gasteiger partial charge >= 0.3 is 0 Å². The Labute approximate surface area is 99.5 Å². The zero-order valence-electron chi connectivity index (χ0n) is 8.87. The number of hydrogen-bond acceptors (Lipinski definition) is 3. The molecule has 0 spiro atoms. The summed E-state index contributed by atoms with van der Waals surface area (Å²) in [5.74, 6) is 0. The Morgan fingerprint density at radius 1 is 1.00 bits per heavy atom. The topological polar surface area (TPSA) is 80.4 Å². The summed E-state index contributed by atoms with van der Waals surface area (Å²) in [6.07, 6.45) is 0. The number of nitrogens with two attached hydrogens (primary N) is 1. The van der Waals surface area contributed by atoms with E-state index >= 15 is 0 Å². The Morgan fingerprint density at radius 3 is 2.24 bits per heavy atom. The fourth-order valence-corrected chi connectivity index (χ4v) is 2.07. The normalized spacial score (nSPS) is 11.4. The maximum absolute atomic E-state index is 11.0. The Bertz CT molecular complexity index is 636. The van der Waals surface area contributed by atoms with Gasteiger partial charge in [0.1, 0.15) is 0 Å². The van der Waals surface area contributed by atoms with E-state index in [1.54, 1.807) is 0 Å². The van der Waals surface area contributed by atoms with Gasteiger partial charge in [0.05, 0.1) is 4.90 Å². The van der Waals surface area contributed by atoms with E-state index in [0.29, 0.717) is 11.3 Å². The number of anilines is 1. The van der Waals surface area contributed by atoms with Gasteiger partial charge in [0, 0.05) is 11.3 Å². The van der Waals surface area contributed by atoms with Gasteiger partial charge in [-0.05, 0) is 23.8 Å². The van der Waals surface area contributed by atoms with Crippen molar-refractivity contribution in [1.29, 1.82) is 0 Å². The van der Waals surface area contributed by atoms with Crippen LogP contribution in [0.4, 0.5) is 5.69 Å². The van der Waals surface area contributed by atoms with Gasteiger partial charge in [-0.25, -0.2) is 0 Å². The van der Waals surface area contributed by atoms with E-state index in [1.165, 1.54) is 18.2 Å². The van der Waals surface area contributed by atoms with Crippen LogP contribution in [0.2, 0.25) is 0 Å². The largest absolute Gasteiger partial charge is 0.398 e. The molecule has 0 aliphatic heterocycles. The molecule has 2 aromatic carbocycles. The van der Waals surface area contributed by atoms with Crippen molar-refractivity contribution >= 4 is 15.8 Å². The first-order chi connectivity index (χ1) is 7.98. The Kier molecular flexibility index (Phi) is 2.87. The highest BCUT2D eigenvalue weighted by atomic mass is 32.2. The van der Waals surface area contributed by atoms with Gasteiger partial charge in [-0.15, -0.1) is 0 Å². The quantitative estimate of drug-likeness (QED) is 0.631. The van der Waals surface area contributed by atoms with Crippen LogP contribution in [0.5, 0.6) is 0 Å². The summed E-state index contributed by atoms with van der Waals surface area (Å²) in [5.41, 5.74) is 7.64. The third-order valence-corrected chi connectivity index (χ3v) is 3.26. The van der Waals surface area contributed by atoms with E-state index in [-0.39, 0.29) is 4.90 Å². The average molecular weight is 249 g/mol. The lowest BCUT2D eigenvalue weighted by molar-refractivity contribution is 0.483. The van der Waals surface area contributed by atoms with Gasteiger partial charge in [-0.3, -0.25) is 4.55 Å². The molecule has 0 atom stereocenters. The number of rotatable bonds is 2. The Hall–Kier alpha value is -1.85. The van der Waals surface area contributed by atoms with Crippen molar-refractivity contribution in [1.82, 2.24) is 0 Å². The minimum Gasteiger partial charge on any atom is -0.398 e. The van der Waals surface area contributed by atoms with E-state index in [1.807, 2.05) is 30.3 Å². The van der Waals surface area contributed by atoms with Gasteiger partial charge < -0.3 is 5.73 Å². The number of benzene rings is 2. The minimum atomic E-state index is -4.21. The van der Waals surface area contributed by atoms with Crippen LogP contribution < -0.4 is 5.73 Å². The standard InChI is InChI=1S/C12H11NO3S/c13-12-7-6-10(17(14,15)16)8-11(12)9-4-2-1-3-5-9/h1-8H,13H2,(H,14,15,16). The van der Waals surface area contributed by atoms with Gasteiger partial charge in [0.2, 0.25) is 0 Å². The molecular formula is C12H11NO3S. The summed E-state index contributed by atoms with van der Waals surface area (Å²) in [7, 11) is -4.21. The van der Waals surface area contributed by atoms with Crippen molar-refractivity contribution in [3.8, 4) is 11.1 Å². The molecule has 0 heterocycles. The lowest BCUT2D eigenvalue weighted by Crippen LogP contribution is -2.00. The summed E-state index contributed by atoms with van der Waals surface area (Å²) in [5, 5.41) is 0. The summed E-state index contributed by atoms with van der Waals surface area (Å²) in [6.45, 7) is 0. The molecule has 88 valence electrons. The second-order valence-corrected chi connectivity index (χ2v) is 5.01. The molecule has 2 rings (SSSR count). The highest BCUT2D eigenvalue weighted by molar-refractivity contribution is 7.85. The summed E-state index contributed by atoms with van der Waals surface area (Å²) in [6, 6.07) is 13.2. The van der Waals surface area contributed by atoms with Crippen LogP contribution in [-0.4, -0.2) is 13.0 Å². The van der Waals surface area contributed by atoms with Crippen LogP contribution in [0.25, 0.3) is 11.1 Å². The van der Waals surface area contributed by atoms with Gasteiger partial charge in [-0.2, -0.15) is 8.42 Å². The second-order valence-electron chi connectivity index (χ2n) is 3.59. The van der Waals surface area contributed by atoms with Crippen molar-refractivity contribution in [2.45, 2.75) is 4.90 Å². The Morgan fingerprint density at radius 2 is 1.65 bits per heavy atom. The molecule has 0 saturated heterocycles. The number of hydrogen-bond donors (Lipinski definition) is 2. The molecule has 0 fully saturated rings. The van der Waals surface area contributed by atoms with Crippen molar-refractivity contribution in [3.05, 3.63) is 48.5 Å². The fourth-order valence-electron chi connectivity index (χ4n) is 1.56. The van der Waals surface area contributed by atoms with Crippen molar-refractivity contribution < 1.29 is 13.0 Å². The highest BCUT2D eigenvalue weighted by Gasteiger charge is 2.12. The first-order valence-corrected chi connectivity index (χ1v) is 6.35. The van der Waals surface area contributed by atoms with Crippen LogP contribution >= 0.6 is 0 Å². The fraction of sp³-hybridized carbons (Fsp3) is 0. The van der Waals surface area contributed by atoms with E-state index in [2.05, 4.69) is 0 Å². The minimum absolute atomic E-state index is 0.162. The smallest absolute Gasteiger partial charge is 0.294 e. The molecule has 17 heavy (non-hydrogen) atoms. The third-order valence-electron chi connectivity index (χ3n) is 2.41. The molecule has 0 aliphatic rings. The first kappa shape index (κ1) is 11.6. The van der Waals surface area contributed by atoms with Crippen molar-refractivity contribution in [2.24, 2.45) is 0 Å². The molecule has 3 N–H and O–H groups in total. The molecule has 0 saturated carbocycles. The van der Waals surface area contributed by atoms with E-state index in [9.17, 15) is 8.42 Å². The summed E-state index contributed by atoms with van der Waals surface area (Å²) >= 11 is 0. The van der Waals surface area contributed by atoms with E-state index < -0.39 is 10.1 Å². The average Bonchev–Trinajstić information content (AvgIpc) is 2.29. The van der Waals surface area contributed by atoms with Crippen LogP contribution in [0, 0.1) is 0 Å². The lowest BCUT2D eigenvalue weighted by atomic mass is 10.0. The Balaban J connectivity index is 2.63. The zero-order chi connectivity index (χ0) is 12.5. The molecule has 0 aromatic heterocycles. The van der Waals surface area contributed by atoms with Gasteiger partial charge in [-0.1, -0.05) is 30.3 Å². The molecule has 4 nitrogen and oxygen atoms in total. The predicted octanol–water partition coefficient (Wildman–Crippen LogP) is 2.18. The van der Waals surface area contributed by atoms with Gasteiger partial charge in [0.25, 0.3) is 10.1 Å². The van der Waals surface area contributed by atoms with E-state index in [4.69, 9.17) is 10.3 Å². The van der Waals surface area contributed by atoms with E-state index in [0.717, 1.165) is 5.56 Å². The molecule has 5 heteroatoms. The molecule has 0 unspecified atom stereocenters. The maximum atomic E-state index is 11.0. The van der Waals surface area contributed by atoms with Crippen molar-refractivity contribution in [2.75, 3.05) is 5.73 Å². The molecule has 0 aliphatic carbocycles. The molecule has 0 amide bonds. The zero-order valence-corrected chi connectivity index (χ0v) is 9.68. The van der Waals surface area contributed by atoms with Gasteiger partial charge in [0.15, 0.2) is 0 Å². The number of nitrogen functional groups attached to an aromatic ring is 1. The lowest BCUT2D eigenvalue weighted by Gasteiger charge is -2.07. The molecule has 0 radical (unpaired) electrons. The third kappa shape index (κ3) is 2.46. The molecule has 0 bridgehead atoms. The second kappa shape index (κ2) is 4.20. The monoisotopic (exact) mass is 249 g/mol. The van der Waals surface area contributed by atoms with Crippen LogP contribution in [0.1, 0.15) is 0 Å². The maximum Gasteiger partial charge on any atom is 0.294 e. The molecular weight excluding hydrogens is 238 g/mol.